The molecule has 0 unspecified atom stereocenters. The van der Waals surface area contributed by atoms with E-state index in [2.05, 4.69) is 10.6 Å². The Kier molecular flexibility index (Phi) is 6.71. The predicted molar refractivity (Wildman–Crippen MR) is 88.9 cm³/mol. The summed E-state index contributed by atoms with van der Waals surface area (Å²) in [6.07, 6.45) is -0.182. The SMILES string of the molecule is O=C(CCS(=O)(=O)N1CCOCC1)NCC(=O)Nc1ccccc1. The third kappa shape index (κ3) is 5.91. The number of carbonyl (C=O) groups is 2. The van der Waals surface area contributed by atoms with Crippen molar-refractivity contribution in [3.8, 4) is 0 Å². The van der Waals surface area contributed by atoms with E-state index in [1.165, 1.54) is 4.31 Å². The first-order chi connectivity index (χ1) is 11.5. The molecule has 2 rings (SSSR count). The average molecular weight is 355 g/mol. The summed E-state index contributed by atoms with van der Waals surface area (Å²) >= 11 is 0. The second-order valence-corrected chi connectivity index (χ2v) is 7.36. The molecular weight excluding hydrogens is 334 g/mol. The third-order valence-corrected chi connectivity index (χ3v) is 5.33. The zero-order valence-electron chi connectivity index (χ0n) is 13.2. The molecule has 2 amide bonds. The number of ether oxygens (including phenoxy) is 1. The fourth-order valence-corrected chi connectivity index (χ4v) is 3.58. The summed E-state index contributed by atoms with van der Waals surface area (Å²) in [5.41, 5.74) is 0.631. The molecule has 1 aliphatic rings. The topological polar surface area (TPSA) is 105 Å². The highest BCUT2D eigenvalue weighted by Gasteiger charge is 2.24. The van der Waals surface area contributed by atoms with Gasteiger partial charge >= 0.3 is 0 Å². The van der Waals surface area contributed by atoms with Gasteiger partial charge in [0.05, 0.1) is 25.5 Å². The van der Waals surface area contributed by atoms with Gasteiger partial charge in [-0.15, -0.1) is 0 Å². The number of para-hydroxylation sites is 1. The number of hydrogen-bond acceptors (Lipinski definition) is 5. The summed E-state index contributed by atoms with van der Waals surface area (Å²) in [6.45, 7) is 1.15. The molecule has 24 heavy (non-hydrogen) atoms. The number of sulfonamides is 1. The van der Waals surface area contributed by atoms with Crippen molar-refractivity contribution in [2.45, 2.75) is 6.42 Å². The predicted octanol–water partition coefficient (Wildman–Crippen LogP) is -0.207. The summed E-state index contributed by atoms with van der Waals surface area (Å²) in [6, 6.07) is 8.85. The minimum absolute atomic E-state index is 0.182. The Labute approximate surface area is 141 Å². The standard InChI is InChI=1S/C15H21N3O5S/c19-14(6-11-24(21,22)18-7-9-23-10-8-18)16-12-15(20)17-13-4-2-1-3-5-13/h1-5H,6-12H2,(H,16,19)(H,17,20). The van der Waals surface area contributed by atoms with Crippen LogP contribution in [-0.2, 0) is 24.3 Å². The van der Waals surface area contributed by atoms with E-state index in [4.69, 9.17) is 4.74 Å². The van der Waals surface area contributed by atoms with Gasteiger partial charge in [-0.05, 0) is 12.1 Å². The number of nitrogens with one attached hydrogen (secondary N) is 2. The van der Waals surface area contributed by atoms with Crippen molar-refractivity contribution in [3.05, 3.63) is 30.3 Å². The maximum atomic E-state index is 12.1. The molecule has 0 aromatic heterocycles. The molecule has 1 aliphatic heterocycles. The number of amides is 2. The highest BCUT2D eigenvalue weighted by molar-refractivity contribution is 7.89. The van der Waals surface area contributed by atoms with Gasteiger partial charge in [0.25, 0.3) is 0 Å². The van der Waals surface area contributed by atoms with Gasteiger partial charge < -0.3 is 15.4 Å². The maximum absolute atomic E-state index is 12.1. The smallest absolute Gasteiger partial charge is 0.243 e. The van der Waals surface area contributed by atoms with Crippen LogP contribution in [0.1, 0.15) is 6.42 Å². The molecule has 1 fully saturated rings. The van der Waals surface area contributed by atoms with Gasteiger partial charge in [0.2, 0.25) is 21.8 Å². The lowest BCUT2D eigenvalue weighted by atomic mass is 10.3. The van der Waals surface area contributed by atoms with Crippen molar-refractivity contribution in [1.82, 2.24) is 9.62 Å². The monoisotopic (exact) mass is 355 g/mol. The molecule has 0 atom stereocenters. The van der Waals surface area contributed by atoms with Gasteiger partial charge in [0.15, 0.2) is 0 Å². The minimum Gasteiger partial charge on any atom is -0.379 e. The number of anilines is 1. The Morgan fingerprint density at radius 3 is 2.42 bits per heavy atom. The summed E-state index contributed by atoms with van der Waals surface area (Å²) < 4.78 is 30.6. The normalized spacial score (nSPS) is 15.7. The van der Waals surface area contributed by atoms with Crippen molar-refractivity contribution >= 4 is 27.5 Å². The van der Waals surface area contributed by atoms with Crippen LogP contribution in [0.15, 0.2) is 30.3 Å². The lowest BCUT2D eigenvalue weighted by Gasteiger charge is -2.25. The van der Waals surface area contributed by atoms with E-state index < -0.39 is 15.9 Å². The lowest BCUT2D eigenvalue weighted by molar-refractivity contribution is -0.123. The van der Waals surface area contributed by atoms with Gasteiger partial charge in [-0.3, -0.25) is 9.59 Å². The Balaban J connectivity index is 1.70. The van der Waals surface area contributed by atoms with Crippen molar-refractivity contribution in [3.63, 3.8) is 0 Å². The molecule has 1 aromatic rings. The molecular formula is C15H21N3O5S. The molecule has 9 heteroatoms. The molecule has 1 aromatic carbocycles. The van der Waals surface area contributed by atoms with Crippen molar-refractivity contribution in [2.24, 2.45) is 0 Å². The second-order valence-electron chi connectivity index (χ2n) is 5.27. The molecule has 0 spiro atoms. The second kappa shape index (κ2) is 8.76. The Bertz CT molecular complexity index is 657. The number of morpholine rings is 1. The molecule has 8 nitrogen and oxygen atoms in total. The zero-order valence-corrected chi connectivity index (χ0v) is 14.0. The average Bonchev–Trinajstić information content (AvgIpc) is 2.60. The van der Waals surface area contributed by atoms with Crippen LogP contribution in [0, 0.1) is 0 Å². The van der Waals surface area contributed by atoms with Crippen LogP contribution in [0.5, 0.6) is 0 Å². The summed E-state index contributed by atoms with van der Waals surface area (Å²) in [5.74, 6) is -1.13. The summed E-state index contributed by atoms with van der Waals surface area (Å²) in [5, 5.41) is 5.05. The number of carbonyl (C=O) groups excluding carboxylic acids is 2. The molecule has 0 saturated carbocycles. The van der Waals surface area contributed by atoms with Crippen LogP contribution in [0.4, 0.5) is 5.69 Å². The van der Waals surface area contributed by atoms with Crippen molar-refractivity contribution in [1.29, 1.82) is 0 Å². The Morgan fingerprint density at radius 1 is 1.08 bits per heavy atom. The molecule has 1 heterocycles. The zero-order chi connectivity index (χ0) is 17.4. The van der Waals surface area contributed by atoms with Crippen LogP contribution in [0.2, 0.25) is 0 Å². The number of rotatable bonds is 7. The fraction of sp³-hybridized carbons (Fsp3) is 0.467. The number of nitrogens with zero attached hydrogens (tertiary/aromatic N) is 1. The van der Waals surface area contributed by atoms with Crippen molar-refractivity contribution in [2.75, 3.05) is 43.9 Å². The van der Waals surface area contributed by atoms with Gasteiger partial charge in [-0.1, -0.05) is 18.2 Å². The molecule has 0 aliphatic carbocycles. The molecule has 2 N–H and O–H groups in total. The van der Waals surface area contributed by atoms with Crippen LogP contribution in [0.25, 0.3) is 0 Å². The van der Waals surface area contributed by atoms with Crippen LogP contribution >= 0.6 is 0 Å². The van der Waals surface area contributed by atoms with E-state index in [0.717, 1.165) is 0 Å². The van der Waals surface area contributed by atoms with Crippen LogP contribution < -0.4 is 10.6 Å². The van der Waals surface area contributed by atoms with Crippen molar-refractivity contribution < 1.29 is 22.7 Å². The molecule has 0 radical (unpaired) electrons. The van der Waals surface area contributed by atoms with E-state index in [9.17, 15) is 18.0 Å². The fourth-order valence-electron chi connectivity index (χ4n) is 2.17. The Morgan fingerprint density at radius 2 is 1.75 bits per heavy atom. The van der Waals surface area contributed by atoms with Gasteiger partial charge in [-0.2, -0.15) is 4.31 Å². The molecule has 132 valence electrons. The molecule has 0 bridgehead atoms. The maximum Gasteiger partial charge on any atom is 0.243 e. The van der Waals surface area contributed by atoms with E-state index in [1.807, 2.05) is 6.07 Å². The summed E-state index contributed by atoms with van der Waals surface area (Å²) in [4.78, 5) is 23.4. The lowest BCUT2D eigenvalue weighted by Crippen LogP contribution is -2.42. The first kappa shape index (κ1) is 18.4. The van der Waals surface area contributed by atoms with Crippen LogP contribution in [-0.4, -0.2) is 63.1 Å². The minimum atomic E-state index is -3.47. The van der Waals surface area contributed by atoms with Gasteiger partial charge in [0.1, 0.15) is 0 Å². The highest BCUT2D eigenvalue weighted by atomic mass is 32.2. The quantitative estimate of drug-likeness (QED) is 0.704. The van der Waals surface area contributed by atoms with Crippen LogP contribution in [0.3, 0.4) is 0 Å². The Hall–Kier alpha value is -1.97. The number of hydrogen-bond donors (Lipinski definition) is 2. The summed E-state index contributed by atoms with van der Waals surface area (Å²) in [7, 11) is -3.47. The van der Waals surface area contributed by atoms with E-state index in [1.54, 1.807) is 24.3 Å². The largest absolute Gasteiger partial charge is 0.379 e. The van der Waals surface area contributed by atoms with E-state index in [-0.39, 0.29) is 24.6 Å². The molecule has 1 saturated heterocycles. The van der Waals surface area contributed by atoms with Gasteiger partial charge in [0, 0.05) is 25.2 Å². The number of benzene rings is 1. The third-order valence-electron chi connectivity index (χ3n) is 3.45. The van der Waals surface area contributed by atoms with E-state index >= 15 is 0 Å². The van der Waals surface area contributed by atoms with E-state index in [0.29, 0.717) is 32.0 Å². The highest BCUT2D eigenvalue weighted by Crippen LogP contribution is 2.07. The first-order valence-electron chi connectivity index (χ1n) is 7.64. The van der Waals surface area contributed by atoms with Gasteiger partial charge in [-0.25, -0.2) is 8.42 Å². The first-order valence-corrected chi connectivity index (χ1v) is 9.25.